The molecule has 25 heavy (non-hydrogen) atoms. The van der Waals surface area contributed by atoms with Crippen LogP contribution in [-0.4, -0.2) is 33.4 Å². The van der Waals surface area contributed by atoms with E-state index in [4.69, 9.17) is 0 Å². The average molecular weight is 343 g/mol. The van der Waals surface area contributed by atoms with E-state index < -0.39 is 0 Å². The van der Waals surface area contributed by atoms with Gasteiger partial charge in [0.2, 0.25) is 0 Å². The SMILES string of the molecule is Cc1ccc(-n2ncc(C(=O)NCC(C)CC(C)O)c2C(C)C)cc1. The van der Waals surface area contributed by atoms with Gasteiger partial charge in [0.05, 0.1) is 29.2 Å². The number of aliphatic hydroxyl groups is 1. The van der Waals surface area contributed by atoms with Crippen LogP contribution in [0.25, 0.3) is 5.69 Å². The van der Waals surface area contributed by atoms with Crippen LogP contribution in [-0.2, 0) is 0 Å². The smallest absolute Gasteiger partial charge is 0.254 e. The fourth-order valence-corrected chi connectivity index (χ4v) is 3.01. The second kappa shape index (κ2) is 8.30. The highest BCUT2D eigenvalue weighted by molar-refractivity contribution is 5.95. The molecule has 0 aliphatic carbocycles. The standard InChI is InChI=1S/C20H29N3O2/c1-13(2)19-18(20(25)21-11-15(4)10-16(5)24)12-22-23(19)17-8-6-14(3)7-9-17/h6-9,12-13,15-16,24H,10-11H2,1-5H3,(H,21,25). The zero-order valence-corrected chi connectivity index (χ0v) is 15.8. The molecule has 1 amide bonds. The fraction of sp³-hybridized carbons (Fsp3) is 0.500. The molecule has 0 fully saturated rings. The Bertz CT molecular complexity index is 702. The first-order chi connectivity index (χ1) is 11.8. The minimum Gasteiger partial charge on any atom is -0.393 e. The Balaban J connectivity index is 2.21. The molecule has 0 spiro atoms. The normalized spacial score (nSPS) is 13.7. The fourth-order valence-electron chi connectivity index (χ4n) is 3.01. The highest BCUT2D eigenvalue weighted by Gasteiger charge is 2.21. The van der Waals surface area contributed by atoms with Crippen molar-refractivity contribution in [1.29, 1.82) is 0 Å². The summed E-state index contributed by atoms with van der Waals surface area (Å²) in [5.41, 5.74) is 3.66. The predicted molar refractivity (Wildman–Crippen MR) is 100 cm³/mol. The van der Waals surface area contributed by atoms with E-state index in [2.05, 4.69) is 24.3 Å². The van der Waals surface area contributed by atoms with Crippen molar-refractivity contribution in [3.63, 3.8) is 0 Å². The van der Waals surface area contributed by atoms with Crippen molar-refractivity contribution in [2.24, 2.45) is 5.92 Å². The molecular weight excluding hydrogens is 314 g/mol. The largest absolute Gasteiger partial charge is 0.393 e. The van der Waals surface area contributed by atoms with E-state index in [1.165, 1.54) is 5.56 Å². The van der Waals surface area contributed by atoms with Gasteiger partial charge in [-0.25, -0.2) is 4.68 Å². The van der Waals surface area contributed by atoms with Crippen LogP contribution in [0.15, 0.2) is 30.5 Å². The maximum absolute atomic E-state index is 12.6. The Morgan fingerprint density at radius 3 is 2.40 bits per heavy atom. The molecule has 0 bridgehead atoms. The summed E-state index contributed by atoms with van der Waals surface area (Å²) in [6, 6.07) is 8.11. The zero-order chi connectivity index (χ0) is 18.6. The number of aryl methyl sites for hydroxylation is 1. The van der Waals surface area contributed by atoms with Gasteiger partial charge in [-0.15, -0.1) is 0 Å². The number of benzene rings is 1. The minimum absolute atomic E-state index is 0.112. The number of rotatable bonds is 7. The molecule has 2 atom stereocenters. The molecule has 2 N–H and O–H groups in total. The minimum atomic E-state index is -0.359. The summed E-state index contributed by atoms with van der Waals surface area (Å²) >= 11 is 0. The quantitative estimate of drug-likeness (QED) is 0.809. The number of hydrogen-bond acceptors (Lipinski definition) is 3. The van der Waals surface area contributed by atoms with Crippen LogP contribution in [0.3, 0.4) is 0 Å². The predicted octanol–water partition coefficient (Wildman–Crippen LogP) is 3.44. The monoisotopic (exact) mass is 343 g/mol. The zero-order valence-electron chi connectivity index (χ0n) is 15.8. The third-order valence-corrected chi connectivity index (χ3v) is 4.23. The summed E-state index contributed by atoms with van der Waals surface area (Å²) in [6.07, 6.45) is 1.95. The van der Waals surface area contributed by atoms with E-state index in [9.17, 15) is 9.90 Å². The first kappa shape index (κ1) is 19.2. The van der Waals surface area contributed by atoms with Crippen molar-refractivity contribution in [3.8, 4) is 5.69 Å². The molecule has 1 aromatic heterocycles. The third-order valence-electron chi connectivity index (χ3n) is 4.23. The lowest BCUT2D eigenvalue weighted by atomic mass is 10.0. The summed E-state index contributed by atoms with van der Waals surface area (Å²) < 4.78 is 1.85. The van der Waals surface area contributed by atoms with Crippen LogP contribution in [0, 0.1) is 12.8 Å². The van der Waals surface area contributed by atoms with Gasteiger partial charge in [0.1, 0.15) is 0 Å². The van der Waals surface area contributed by atoms with E-state index in [1.54, 1.807) is 13.1 Å². The maximum atomic E-state index is 12.6. The van der Waals surface area contributed by atoms with Gasteiger partial charge in [0.15, 0.2) is 0 Å². The van der Waals surface area contributed by atoms with E-state index in [0.717, 1.165) is 11.4 Å². The van der Waals surface area contributed by atoms with Crippen LogP contribution < -0.4 is 5.32 Å². The van der Waals surface area contributed by atoms with Crippen molar-refractivity contribution < 1.29 is 9.90 Å². The number of nitrogens with one attached hydrogen (secondary N) is 1. The topological polar surface area (TPSA) is 67.2 Å². The summed E-state index contributed by atoms with van der Waals surface area (Å²) in [4.78, 5) is 12.6. The lowest BCUT2D eigenvalue weighted by Gasteiger charge is -2.16. The number of carbonyl (C=O) groups excluding carboxylic acids is 1. The number of amides is 1. The van der Waals surface area contributed by atoms with Gasteiger partial charge >= 0.3 is 0 Å². The molecule has 1 aromatic carbocycles. The highest BCUT2D eigenvalue weighted by atomic mass is 16.3. The molecule has 2 aromatic rings. The molecule has 0 saturated heterocycles. The van der Waals surface area contributed by atoms with Crippen LogP contribution >= 0.6 is 0 Å². The van der Waals surface area contributed by atoms with Crippen molar-refractivity contribution >= 4 is 5.91 Å². The van der Waals surface area contributed by atoms with Gasteiger partial charge in [-0.1, -0.05) is 38.5 Å². The van der Waals surface area contributed by atoms with Crippen LogP contribution in [0.5, 0.6) is 0 Å². The summed E-state index contributed by atoms with van der Waals surface area (Å²) in [6.45, 7) is 10.5. The second-order valence-electron chi connectivity index (χ2n) is 7.25. The Morgan fingerprint density at radius 1 is 1.20 bits per heavy atom. The number of nitrogens with zero attached hydrogens (tertiary/aromatic N) is 2. The summed E-state index contributed by atoms with van der Waals surface area (Å²) in [5, 5.41) is 16.9. The highest BCUT2D eigenvalue weighted by Crippen LogP contribution is 2.23. The Labute approximate surface area is 150 Å². The van der Waals surface area contributed by atoms with Gasteiger partial charge in [0, 0.05) is 6.54 Å². The lowest BCUT2D eigenvalue weighted by Crippen LogP contribution is -2.30. The van der Waals surface area contributed by atoms with E-state index in [-0.39, 0.29) is 23.8 Å². The first-order valence-electron chi connectivity index (χ1n) is 8.90. The molecular formula is C20H29N3O2. The number of aliphatic hydroxyl groups excluding tert-OH is 1. The van der Waals surface area contributed by atoms with Crippen LogP contribution in [0.4, 0.5) is 0 Å². The lowest BCUT2D eigenvalue weighted by molar-refractivity contribution is 0.0938. The molecule has 136 valence electrons. The van der Waals surface area contributed by atoms with Gasteiger partial charge in [0.25, 0.3) is 5.91 Å². The van der Waals surface area contributed by atoms with E-state index >= 15 is 0 Å². The molecule has 5 nitrogen and oxygen atoms in total. The van der Waals surface area contributed by atoms with Crippen LogP contribution in [0.1, 0.15) is 61.6 Å². The molecule has 0 radical (unpaired) electrons. The second-order valence-corrected chi connectivity index (χ2v) is 7.25. The molecule has 0 saturated carbocycles. The van der Waals surface area contributed by atoms with Gasteiger partial charge < -0.3 is 10.4 Å². The molecule has 0 aliphatic rings. The van der Waals surface area contributed by atoms with E-state index in [1.807, 2.05) is 42.8 Å². The third kappa shape index (κ3) is 4.92. The van der Waals surface area contributed by atoms with Gasteiger partial charge in [-0.3, -0.25) is 4.79 Å². The number of carbonyl (C=O) groups is 1. The Hall–Kier alpha value is -2.14. The molecule has 1 heterocycles. The Kier molecular flexibility index (Phi) is 6.37. The maximum Gasteiger partial charge on any atom is 0.254 e. The molecule has 0 aliphatic heterocycles. The summed E-state index contributed by atoms with van der Waals surface area (Å²) in [7, 11) is 0. The van der Waals surface area contributed by atoms with Crippen molar-refractivity contribution in [2.75, 3.05) is 6.54 Å². The van der Waals surface area contributed by atoms with E-state index in [0.29, 0.717) is 18.5 Å². The number of aromatic nitrogens is 2. The summed E-state index contributed by atoms with van der Waals surface area (Å²) in [5.74, 6) is 0.275. The number of hydrogen-bond donors (Lipinski definition) is 2. The first-order valence-corrected chi connectivity index (χ1v) is 8.90. The molecule has 2 rings (SSSR count). The molecule has 2 unspecified atom stereocenters. The molecule has 5 heteroatoms. The van der Waals surface area contributed by atoms with Gasteiger partial charge in [-0.05, 0) is 44.2 Å². The average Bonchev–Trinajstić information content (AvgIpc) is 2.98. The van der Waals surface area contributed by atoms with Crippen LogP contribution in [0.2, 0.25) is 0 Å². The van der Waals surface area contributed by atoms with Crippen molar-refractivity contribution in [1.82, 2.24) is 15.1 Å². The Morgan fingerprint density at radius 2 is 1.84 bits per heavy atom. The van der Waals surface area contributed by atoms with Gasteiger partial charge in [-0.2, -0.15) is 5.10 Å². The van der Waals surface area contributed by atoms with Crippen molar-refractivity contribution in [3.05, 3.63) is 47.3 Å². The van der Waals surface area contributed by atoms with Crippen molar-refractivity contribution in [2.45, 2.75) is 53.1 Å².